The van der Waals surface area contributed by atoms with Crippen molar-refractivity contribution in [2.45, 2.75) is 13.5 Å². The zero-order chi connectivity index (χ0) is 19.2. The Morgan fingerprint density at radius 3 is 2.33 bits per heavy atom. The van der Waals surface area contributed by atoms with E-state index in [0.717, 1.165) is 30.2 Å². The number of piperazine rings is 1. The van der Waals surface area contributed by atoms with Gasteiger partial charge in [0.15, 0.2) is 0 Å². The number of halogens is 1. The highest BCUT2D eigenvalue weighted by atomic mass is 35.5. The summed E-state index contributed by atoms with van der Waals surface area (Å²) >= 11 is 5.92. The van der Waals surface area contributed by atoms with Gasteiger partial charge >= 0.3 is 0 Å². The van der Waals surface area contributed by atoms with Crippen LogP contribution in [0.3, 0.4) is 0 Å². The van der Waals surface area contributed by atoms with Crippen molar-refractivity contribution >= 4 is 23.4 Å². The summed E-state index contributed by atoms with van der Waals surface area (Å²) in [5.74, 6) is -0.245. The number of nitrogens with one attached hydrogen (secondary N) is 1. The van der Waals surface area contributed by atoms with Crippen molar-refractivity contribution in [3.8, 4) is 0 Å². The van der Waals surface area contributed by atoms with E-state index < -0.39 is 0 Å². The van der Waals surface area contributed by atoms with Gasteiger partial charge in [-0.05, 0) is 36.2 Å². The molecule has 1 aliphatic heterocycles. The number of nitrogens with zero attached hydrogens (tertiary/aromatic N) is 2. The van der Waals surface area contributed by atoms with E-state index in [4.69, 9.17) is 11.6 Å². The minimum absolute atomic E-state index is 0.0321. The number of benzene rings is 2. The van der Waals surface area contributed by atoms with Gasteiger partial charge in [-0.25, -0.2) is 0 Å². The molecule has 1 N–H and O–H groups in total. The molecule has 1 fully saturated rings. The Balaban J connectivity index is 1.44. The highest BCUT2D eigenvalue weighted by Gasteiger charge is 2.21. The zero-order valence-corrected chi connectivity index (χ0v) is 16.2. The van der Waals surface area contributed by atoms with Crippen LogP contribution >= 0.6 is 11.6 Å². The van der Waals surface area contributed by atoms with Crippen LogP contribution in [0.4, 0.5) is 0 Å². The van der Waals surface area contributed by atoms with Gasteiger partial charge in [0, 0.05) is 43.3 Å². The molecule has 2 aromatic rings. The molecule has 0 aromatic heterocycles. The number of hydrogen-bond donors (Lipinski definition) is 1. The van der Waals surface area contributed by atoms with Gasteiger partial charge in [-0.3, -0.25) is 14.5 Å². The summed E-state index contributed by atoms with van der Waals surface area (Å²) in [5.41, 5.74) is 2.72. The van der Waals surface area contributed by atoms with Crippen LogP contribution in [-0.2, 0) is 11.3 Å². The molecule has 1 aliphatic rings. The second-order valence-corrected chi connectivity index (χ2v) is 7.22. The molecule has 1 heterocycles. The Morgan fingerprint density at radius 1 is 1.00 bits per heavy atom. The van der Waals surface area contributed by atoms with Crippen LogP contribution < -0.4 is 5.32 Å². The maximum absolute atomic E-state index is 12.4. The molecule has 0 saturated carbocycles. The van der Waals surface area contributed by atoms with Crippen molar-refractivity contribution in [3.63, 3.8) is 0 Å². The third-order valence-electron chi connectivity index (χ3n) is 4.83. The first-order valence-electron chi connectivity index (χ1n) is 9.11. The molecule has 27 heavy (non-hydrogen) atoms. The first-order chi connectivity index (χ1) is 13.0. The maximum Gasteiger partial charge on any atom is 0.251 e. The molecule has 2 amide bonds. The van der Waals surface area contributed by atoms with E-state index in [1.165, 1.54) is 5.56 Å². The molecule has 0 aliphatic carbocycles. The van der Waals surface area contributed by atoms with Crippen molar-refractivity contribution in [1.82, 2.24) is 15.1 Å². The van der Waals surface area contributed by atoms with Gasteiger partial charge in [-0.1, -0.05) is 41.9 Å². The van der Waals surface area contributed by atoms with Crippen molar-refractivity contribution in [2.75, 3.05) is 32.7 Å². The number of aryl methyl sites for hydroxylation is 1. The van der Waals surface area contributed by atoms with Gasteiger partial charge in [-0.15, -0.1) is 0 Å². The minimum Gasteiger partial charge on any atom is -0.343 e. The number of carbonyl (C=O) groups excluding carboxylic acids is 2. The summed E-state index contributed by atoms with van der Waals surface area (Å²) in [7, 11) is 0. The molecular weight excluding hydrogens is 362 g/mol. The van der Waals surface area contributed by atoms with Crippen LogP contribution in [0.5, 0.6) is 0 Å². The quantitative estimate of drug-likeness (QED) is 0.861. The molecule has 0 bridgehead atoms. The Hall–Kier alpha value is -2.37. The zero-order valence-electron chi connectivity index (χ0n) is 15.5. The summed E-state index contributed by atoms with van der Waals surface area (Å²) in [6, 6.07) is 15.2. The van der Waals surface area contributed by atoms with Crippen LogP contribution in [0.15, 0.2) is 48.5 Å². The predicted molar refractivity (Wildman–Crippen MR) is 107 cm³/mol. The molecule has 5 nitrogen and oxygen atoms in total. The highest BCUT2D eigenvalue weighted by Crippen LogP contribution is 2.13. The highest BCUT2D eigenvalue weighted by molar-refractivity contribution is 6.30. The second kappa shape index (κ2) is 9.02. The molecule has 2 aromatic carbocycles. The van der Waals surface area contributed by atoms with Gasteiger partial charge in [-0.2, -0.15) is 0 Å². The fraction of sp³-hybridized carbons (Fsp3) is 0.333. The van der Waals surface area contributed by atoms with Crippen LogP contribution in [0.1, 0.15) is 21.5 Å². The van der Waals surface area contributed by atoms with E-state index in [-0.39, 0.29) is 18.4 Å². The lowest BCUT2D eigenvalue weighted by Gasteiger charge is -2.34. The maximum atomic E-state index is 12.4. The second-order valence-electron chi connectivity index (χ2n) is 6.78. The number of rotatable bonds is 5. The fourth-order valence-electron chi connectivity index (χ4n) is 3.19. The van der Waals surface area contributed by atoms with E-state index in [1.807, 2.05) is 54.3 Å². The van der Waals surface area contributed by atoms with Crippen molar-refractivity contribution in [2.24, 2.45) is 0 Å². The molecule has 0 spiro atoms. The lowest BCUT2D eigenvalue weighted by molar-refractivity contribution is -0.131. The third kappa shape index (κ3) is 5.31. The third-order valence-corrected chi connectivity index (χ3v) is 5.09. The van der Waals surface area contributed by atoms with Crippen LogP contribution in [0.25, 0.3) is 0 Å². The topological polar surface area (TPSA) is 52.7 Å². The van der Waals surface area contributed by atoms with E-state index in [2.05, 4.69) is 10.2 Å². The van der Waals surface area contributed by atoms with Crippen LogP contribution in [0, 0.1) is 6.92 Å². The van der Waals surface area contributed by atoms with Gasteiger partial charge in [0.05, 0.1) is 6.54 Å². The van der Waals surface area contributed by atoms with Crippen molar-refractivity contribution in [3.05, 3.63) is 70.2 Å². The van der Waals surface area contributed by atoms with Gasteiger partial charge in [0.2, 0.25) is 5.91 Å². The predicted octanol–water partition coefficient (Wildman–Crippen LogP) is 2.72. The lowest BCUT2D eigenvalue weighted by Crippen LogP contribution is -2.50. The molecular formula is C21H24ClN3O2. The molecule has 0 atom stereocenters. The average Bonchev–Trinajstić information content (AvgIpc) is 2.68. The smallest absolute Gasteiger partial charge is 0.251 e. The van der Waals surface area contributed by atoms with Gasteiger partial charge < -0.3 is 10.2 Å². The first-order valence-corrected chi connectivity index (χ1v) is 9.49. The number of carbonyl (C=O) groups is 2. The Kier molecular flexibility index (Phi) is 6.48. The number of hydrogen-bond acceptors (Lipinski definition) is 3. The molecule has 0 radical (unpaired) electrons. The largest absolute Gasteiger partial charge is 0.343 e. The Labute approximate surface area is 164 Å². The summed E-state index contributed by atoms with van der Waals surface area (Å²) in [4.78, 5) is 28.8. The molecule has 142 valence electrons. The number of amides is 2. The van der Waals surface area contributed by atoms with Crippen LogP contribution in [0.2, 0.25) is 5.02 Å². The lowest BCUT2D eigenvalue weighted by atomic mass is 10.1. The monoisotopic (exact) mass is 385 g/mol. The van der Waals surface area contributed by atoms with Gasteiger partial charge in [0.1, 0.15) is 0 Å². The Morgan fingerprint density at radius 2 is 1.67 bits per heavy atom. The standard InChI is InChI=1S/C21H24ClN3O2/c1-16-4-2-3-5-19(16)21(27)23-14-20(26)25-12-10-24(11-13-25)15-17-6-8-18(22)9-7-17/h2-9H,10-15H2,1H3,(H,23,27). The van der Waals surface area contributed by atoms with Crippen LogP contribution in [-0.4, -0.2) is 54.3 Å². The van der Waals surface area contributed by atoms with E-state index >= 15 is 0 Å². The molecule has 3 rings (SSSR count). The summed E-state index contributed by atoms with van der Waals surface area (Å²) < 4.78 is 0. The first kappa shape index (κ1) is 19.4. The summed E-state index contributed by atoms with van der Waals surface area (Å²) in [6.45, 7) is 5.75. The summed E-state index contributed by atoms with van der Waals surface area (Å²) in [5, 5.41) is 3.47. The van der Waals surface area contributed by atoms with Gasteiger partial charge in [0.25, 0.3) is 5.91 Å². The summed E-state index contributed by atoms with van der Waals surface area (Å²) in [6.07, 6.45) is 0. The molecule has 1 saturated heterocycles. The van der Waals surface area contributed by atoms with E-state index in [0.29, 0.717) is 18.7 Å². The SMILES string of the molecule is Cc1ccccc1C(=O)NCC(=O)N1CCN(Cc2ccc(Cl)cc2)CC1. The fourth-order valence-corrected chi connectivity index (χ4v) is 3.32. The normalized spacial score (nSPS) is 14.8. The molecule has 6 heteroatoms. The minimum atomic E-state index is -0.206. The van der Waals surface area contributed by atoms with Crippen molar-refractivity contribution < 1.29 is 9.59 Å². The van der Waals surface area contributed by atoms with E-state index in [9.17, 15) is 9.59 Å². The van der Waals surface area contributed by atoms with Crippen molar-refractivity contribution in [1.29, 1.82) is 0 Å². The molecule has 0 unspecified atom stereocenters. The van der Waals surface area contributed by atoms with E-state index in [1.54, 1.807) is 6.07 Å². The average molecular weight is 386 g/mol. The Bertz CT molecular complexity index is 799.